The van der Waals surface area contributed by atoms with Crippen LogP contribution in [0.4, 0.5) is 0 Å². The van der Waals surface area contributed by atoms with Crippen LogP contribution in [-0.2, 0) is 0 Å². The van der Waals surface area contributed by atoms with Gasteiger partial charge in [0.1, 0.15) is 0 Å². The first-order valence-corrected chi connectivity index (χ1v) is 7.07. The highest BCUT2D eigenvalue weighted by Crippen LogP contribution is 2.28. The Balaban J connectivity index is 1.94. The van der Waals surface area contributed by atoms with E-state index < -0.39 is 5.97 Å². The second-order valence-electron chi connectivity index (χ2n) is 4.64. The summed E-state index contributed by atoms with van der Waals surface area (Å²) in [7, 11) is 0. The van der Waals surface area contributed by atoms with E-state index in [1.165, 1.54) is 0 Å². The number of nitrogens with zero attached hydrogens (tertiary/aromatic N) is 1. The number of para-hydroxylation sites is 3. The number of benzene rings is 2. The van der Waals surface area contributed by atoms with Gasteiger partial charge in [0.15, 0.2) is 11.5 Å². The van der Waals surface area contributed by atoms with E-state index in [0.29, 0.717) is 23.7 Å². The molecule has 4 heteroatoms. The van der Waals surface area contributed by atoms with Gasteiger partial charge in [0.25, 0.3) is 0 Å². The van der Waals surface area contributed by atoms with Crippen molar-refractivity contribution in [3.8, 4) is 11.5 Å². The minimum Gasteiger partial charge on any atom is -0.490 e. The minimum atomic E-state index is -0.425. The third-order valence-corrected chi connectivity index (χ3v) is 3.22. The highest BCUT2D eigenvalue weighted by atomic mass is 16.6. The molecule has 0 aliphatic carbocycles. The van der Waals surface area contributed by atoms with Gasteiger partial charge in [0.05, 0.1) is 17.7 Å². The van der Waals surface area contributed by atoms with Crippen LogP contribution in [0.2, 0.25) is 0 Å². The second-order valence-corrected chi connectivity index (χ2v) is 4.64. The standard InChI is InChI=1S/C18H15NO3/c1-2-21-16-9-5-6-10-17(16)22-18(20)14-11-12-19-15-8-4-3-7-13(14)15/h3-12H,2H2,1H3. The molecule has 0 aliphatic heterocycles. The number of rotatable bonds is 4. The Hall–Kier alpha value is -2.88. The fraction of sp³-hybridized carbons (Fsp3) is 0.111. The van der Waals surface area contributed by atoms with Crippen molar-refractivity contribution in [1.82, 2.24) is 4.98 Å². The molecule has 0 saturated carbocycles. The molecule has 0 saturated heterocycles. The van der Waals surface area contributed by atoms with Gasteiger partial charge in [0.2, 0.25) is 0 Å². The largest absolute Gasteiger partial charge is 0.490 e. The monoisotopic (exact) mass is 293 g/mol. The third kappa shape index (κ3) is 2.76. The zero-order chi connectivity index (χ0) is 15.4. The van der Waals surface area contributed by atoms with Gasteiger partial charge in [0, 0.05) is 11.6 Å². The van der Waals surface area contributed by atoms with Crippen molar-refractivity contribution in [2.24, 2.45) is 0 Å². The van der Waals surface area contributed by atoms with Crippen molar-refractivity contribution in [3.05, 3.63) is 66.4 Å². The lowest BCUT2D eigenvalue weighted by atomic mass is 10.1. The van der Waals surface area contributed by atoms with Crippen molar-refractivity contribution in [3.63, 3.8) is 0 Å². The normalized spacial score (nSPS) is 10.4. The van der Waals surface area contributed by atoms with Gasteiger partial charge in [-0.25, -0.2) is 4.79 Å². The van der Waals surface area contributed by atoms with Gasteiger partial charge in [-0.2, -0.15) is 0 Å². The Kier molecular flexibility index (Phi) is 4.01. The highest BCUT2D eigenvalue weighted by molar-refractivity contribution is 6.04. The van der Waals surface area contributed by atoms with Gasteiger partial charge in [-0.3, -0.25) is 4.98 Å². The smallest absolute Gasteiger partial charge is 0.344 e. The molecule has 1 heterocycles. The number of fused-ring (bicyclic) bond motifs is 1. The Labute approximate surface area is 128 Å². The van der Waals surface area contributed by atoms with Gasteiger partial charge in [-0.05, 0) is 31.2 Å². The van der Waals surface area contributed by atoms with Crippen LogP contribution < -0.4 is 9.47 Å². The van der Waals surface area contributed by atoms with E-state index in [0.717, 1.165) is 10.9 Å². The van der Waals surface area contributed by atoms with Crippen LogP contribution >= 0.6 is 0 Å². The van der Waals surface area contributed by atoms with Crippen LogP contribution in [-0.4, -0.2) is 17.6 Å². The minimum absolute atomic E-state index is 0.412. The molecule has 0 fully saturated rings. The molecule has 0 atom stereocenters. The van der Waals surface area contributed by atoms with Gasteiger partial charge < -0.3 is 9.47 Å². The quantitative estimate of drug-likeness (QED) is 0.541. The van der Waals surface area contributed by atoms with Gasteiger partial charge >= 0.3 is 5.97 Å². The maximum absolute atomic E-state index is 12.5. The van der Waals surface area contributed by atoms with Crippen LogP contribution in [0.5, 0.6) is 11.5 Å². The summed E-state index contributed by atoms with van der Waals surface area (Å²) in [5.41, 5.74) is 1.24. The zero-order valence-electron chi connectivity index (χ0n) is 12.2. The molecule has 0 radical (unpaired) electrons. The molecule has 4 nitrogen and oxygen atoms in total. The summed E-state index contributed by atoms with van der Waals surface area (Å²) in [6.07, 6.45) is 1.60. The summed E-state index contributed by atoms with van der Waals surface area (Å²) in [4.78, 5) is 16.7. The van der Waals surface area contributed by atoms with Gasteiger partial charge in [-0.1, -0.05) is 30.3 Å². The fourth-order valence-corrected chi connectivity index (χ4v) is 2.24. The lowest BCUT2D eigenvalue weighted by Crippen LogP contribution is -2.10. The van der Waals surface area contributed by atoms with Crippen molar-refractivity contribution >= 4 is 16.9 Å². The molecule has 22 heavy (non-hydrogen) atoms. The van der Waals surface area contributed by atoms with E-state index in [4.69, 9.17) is 9.47 Å². The Morgan fingerprint density at radius 1 is 1.00 bits per heavy atom. The van der Waals surface area contributed by atoms with Crippen LogP contribution in [0.1, 0.15) is 17.3 Å². The number of esters is 1. The molecular weight excluding hydrogens is 278 g/mol. The van der Waals surface area contributed by atoms with E-state index in [1.54, 1.807) is 30.5 Å². The first kappa shape index (κ1) is 14.1. The average molecular weight is 293 g/mol. The van der Waals surface area contributed by atoms with E-state index in [2.05, 4.69) is 4.98 Å². The lowest BCUT2D eigenvalue weighted by Gasteiger charge is -2.11. The number of carbonyl (C=O) groups excluding carboxylic acids is 1. The molecule has 1 aromatic heterocycles. The van der Waals surface area contributed by atoms with E-state index in [1.807, 2.05) is 37.3 Å². The van der Waals surface area contributed by atoms with E-state index in [-0.39, 0.29) is 0 Å². The molecule has 0 amide bonds. The molecule has 0 unspecified atom stereocenters. The zero-order valence-corrected chi connectivity index (χ0v) is 12.2. The van der Waals surface area contributed by atoms with Crippen molar-refractivity contribution in [1.29, 1.82) is 0 Å². The van der Waals surface area contributed by atoms with Crippen molar-refractivity contribution in [2.45, 2.75) is 6.92 Å². The van der Waals surface area contributed by atoms with Crippen molar-refractivity contribution < 1.29 is 14.3 Å². The van der Waals surface area contributed by atoms with E-state index in [9.17, 15) is 4.79 Å². The van der Waals surface area contributed by atoms with Crippen LogP contribution in [0.15, 0.2) is 60.8 Å². The summed E-state index contributed by atoms with van der Waals surface area (Å²) in [6, 6.07) is 16.3. The lowest BCUT2D eigenvalue weighted by molar-refractivity contribution is 0.0730. The number of carbonyl (C=O) groups is 1. The first-order valence-electron chi connectivity index (χ1n) is 7.07. The van der Waals surface area contributed by atoms with Crippen LogP contribution in [0, 0.1) is 0 Å². The number of ether oxygens (including phenoxy) is 2. The predicted molar refractivity (Wildman–Crippen MR) is 84.3 cm³/mol. The molecule has 0 N–H and O–H groups in total. The molecule has 0 bridgehead atoms. The molecular formula is C18H15NO3. The summed E-state index contributed by atoms with van der Waals surface area (Å²) in [6.45, 7) is 2.39. The molecule has 0 spiro atoms. The number of hydrogen-bond acceptors (Lipinski definition) is 4. The van der Waals surface area contributed by atoms with Crippen LogP contribution in [0.3, 0.4) is 0 Å². The highest BCUT2D eigenvalue weighted by Gasteiger charge is 2.15. The Morgan fingerprint density at radius 3 is 2.55 bits per heavy atom. The SMILES string of the molecule is CCOc1ccccc1OC(=O)c1ccnc2ccccc12. The molecule has 3 rings (SSSR count). The molecule has 110 valence electrons. The average Bonchev–Trinajstić information content (AvgIpc) is 2.56. The van der Waals surface area contributed by atoms with E-state index >= 15 is 0 Å². The maximum atomic E-state index is 12.5. The molecule has 0 aliphatic rings. The topological polar surface area (TPSA) is 48.4 Å². The molecule has 2 aromatic carbocycles. The fourth-order valence-electron chi connectivity index (χ4n) is 2.24. The second kappa shape index (κ2) is 6.26. The summed E-state index contributed by atoms with van der Waals surface area (Å²) in [5.74, 6) is 0.540. The predicted octanol–water partition coefficient (Wildman–Crippen LogP) is 3.85. The molecule has 3 aromatic rings. The third-order valence-electron chi connectivity index (χ3n) is 3.22. The Bertz CT molecular complexity index is 809. The van der Waals surface area contributed by atoms with Crippen LogP contribution in [0.25, 0.3) is 10.9 Å². The Morgan fingerprint density at radius 2 is 1.73 bits per heavy atom. The summed E-state index contributed by atoms with van der Waals surface area (Å²) >= 11 is 0. The maximum Gasteiger partial charge on any atom is 0.344 e. The number of pyridine rings is 1. The first-order chi connectivity index (χ1) is 10.8. The number of aromatic nitrogens is 1. The van der Waals surface area contributed by atoms with Gasteiger partial charge in [-0.15, -0.1) is 0 Å². The van der Waals surface area contributed by atoms with Crippen molar-refractivity contribution in [2.75, 3.05) is 6.61 Å². The number of hydrogen-bond donors (Lipinski definition) is 0. The summed E-state index contributed by atoms with van der Waals surface area (Å²) < 4.78 is 11.0. The summed E-state index contributed by atoms with van der Waals surface area (Å²) in [5, 5.41) is 0.767.